The van der Waals surface area contributed by atoms with Crippen LogP contribution in [0.1, 0.15) is 33.9 Å². The number of carbonyl (C=O) groups is 1. The molecule has 4 rings (SSSR count). The highest BCUT2D eigenvalue weighted by atomic mass is 19.4. The van der Waals surface area contributed by atoms with Gasteiger partial charge >= 0.3 is 6.18 Å². The van der Waals surface area contributed by atoms with Crippen molar-refractivity contribution < 1.29 is 27.4 Å². The second kappa shape index (κ2) is 7.95. The van der Waals surface area contributed by atoms with E-state index in [1.54, 1.807) is 33.0 Å². The molecule has 0 bridgehead atoms. The summed E-state index contributed by atoms with van der Waals surface area (Å²) in [5, 5.41) is 3.54. The molecule has 1 aliphatic heterocycles. The van der Waals surface area contributed by atoms with Crippen molar-refractivity contribution in [1.82, 2.24) is 24.5 Å². The van der Waals surface area contributed by atoms with E-state index in [0.717, 1.165) is 15.6 Å². The summed E-state index contributed by atoms with van der Waals surface area (Å²) in [7, 11) is 3.13. The van der Waals surface area contributed by atoms with Gasteiger partial charge in [0.05, 0.1) is 20.6 Å². The fourth-order valence-corrected chi connectivity index (χ4v) is 3.94. The number of rotatable bonds is 4. The van der Waals surface area contributed by atoms with Crippen molar-refractivity contribution in [1.29, 1.82) is 0 Å². The average molecular weight is 449 g/mol. The number of nitrogens with zero attached hydrogens (tertiary/aromatic N) is 5. The van der Waals surface area contributed by atoms with E-state index in [2.05, 4.69) is 15.1 Å². The van der Waals surface area contributed by atoms with Gasteiger partial charge in [0.25, 0.3) is 11.6 Å². The zero-order chi connectivity index (χ0) is 23.2. The molecule has 0 spiro atoms. The van der Waals surface area contributed by atoms with Gasteiger partial charge in [-0.25, -0.2) is 9.50 Å². The van der Waals surface area contributed by atoms with Crippen LogP contribution in [0.4, 0.5) is 13.2 Å². The summed E-state index contributed by atoms with van der Waals surface area (Å²) >= 11 is 0. The molecule has 0 unspecified atom stereocenters. The van der Waals surface area contributed by atoms with Gasteiger partial charge in [0.1, 0.15) is 0 Å². The van der Waals surface area contributed by atoms with Crippen molar-refractivity contribution in [2.24, 2.45) is 0 Å². The van der Waals surface area contributed by atoms with E-state index >= 15 is 0 Å². The van der Waals surface area contributed by atoms with Crippen molar-refractivity contribution in [2.75, 3.05) is 20.8 Å². The number of halogens is 3. The first-order valence-corrected chi connectivity index (χ1v) is 9.94. The van der Waals surface area contributed by atoms with Crippen LogP contribution in [0.15, 0.2) is 12.1 Å². The summed E-state index contributed by atoms with van der Waals surface area (Å²) < 4.78 is 50.7. The van der Waals surface area contributed by atoms with Crippen molar-refractivity contribution >= 4 is 11.7 Å². The molecule has 0 N–H and O–H groups in total. The SMILES string of the molecule is COc1cc2c(cc1OC)CN(C(=O)Cc1c(C)nc3nc(C(F)(F)F)nn3c1C)CC2. The van der Waals surface area contributed by atoms with Crippen LogP contribution in [-0.2, 0) is 30.4 Å². The van der Waals surface area contributed by atoms with Gasteiger partial charge in [0.15, 0.2) is 11.5 Å². The van der Waals surface area contributed by atoms with Gasteiger partial charge in [0.2, 0.25) is 5.91 Å². The smallest absolute Gasteiger partial charge is 0.453 e. The van der Waals surface area contributed by atoms with Gasteiger partial charge < -0.3 is 14.4 Å². The van der Waals surface area contributed by atoms with E-state index in [-0.39, 0.29) is 18.1 Å². The van der Waals surface area contributed by atoms with E-state index in [9.17, 15) is 18.0 Å². The maximum Gasteiger partial charge on any atom is 0.453 e. The molecule has 11 heteroatoms. The zero-order valence-corrected chi connectivity index (χ0v) is 18.1. The Morgan fingerprint density at radius 1 is 1.09 bits per heavy atom. The molecule has 32 heavy (non-hydrogen) atoms. The topological polar surface area (TPSA) is 81.9 Å². The lowest BCUT2D eigenvalue weighted by atomic mass is 9.98. The Labute approximate surface area is 182 Å². The minimum Gasteiger partial charge on any atom is -0.493 e. The zero-order valence-electron chi connectivity index (χ0n) is 18.1. The summed E-state index contributed by atoms with van der Waals surface area (Å²) in [5.41, 5.74) is 3.46. The third-order valence-corrected chi connectivity index (χ3v) is 5.70. The molecule has 1 aliphatic rings. The summed E-state index contributed by atoms with van der Waals surface area (Å²) in [6.45, 7) is 4.20. The monoisotopic (exact) mass is 449 g/mol. The molecule has 2 aromatic heterocycles. The van der Waals surface area contributed by atoms with E-state index in [0.29, 0.717) is 48.0 Å². The van der Waals surface area contributed by atoms with Crippen LogP contribution in [0.25, 0.3) is 5.78 Å². The highest BCUT2D eigenvalue weighted by molar-refractivity contribution is 5.79. The van der Waals surface area contributed by atoms with Gasteiger partial charge in [-0.2, -0.15) is 18.2 Å². The van der Waals surface area contributed by atoms with Crippen molar-refractivity contribution in [3.63, 3.8) is 0 Å². The fourth-order valence-electron chi connectivity index (χ4n) is 3.94. The van der Waals surface area contributed by atoms with Gasteiger partial charge in [-0.15, -0.1) is 5.10 Å². The number of hydrogen-bond acceptors (Lipinski definition) is 6. The van der Waals surface area contributed by atoms with Crippen LogP contribution >= 0.6 is 0 Å². The van der Waals surface area contributed by atoms with Crippen molar-refractivity contribution in [3.8, 4) is 11.5 Å². The van der Waals surface area contributed by atoms with Crippen molar-refractivity contribution in [2.45, 2.75) is 39.4 Å². The first-order chi connectivity index (χ1) is 15.1. The lowest BCUT2D eigenvalue weighted by molar-refractivity contribution is -0.144. The van der Waals surface area contributed by atoms with E-state index in [4.69, 9.17) is 9.47 Å². The molecule has 0 radical (unpaired) electrons. The van der Waals surface area contributed by atoms with E-state index in [1.165, 1.54) is 0 Å². The first-order valence-electron chi connectivity index (χ1n) is 9.94. The molecule has 0 fully saturated rings. The Kier molecular flexibility index (Phi) is 5.43. The summed E-state index contributed by atoms with van der Waals surface area (Å²) in [4.78, 5) is 22.4. The summed E-state index contributed by atoms with van der Waals surface area (Å²) in [6.07, 6.45) is -4.01. The van der Waals surface area contributed by atoms with Crippen LogP contribution in [0.5, 0.6) is 11.5 Å². The summed E-state index contributed by atoms with van der Waals surface area (Å²) in [5.74, 6) is -0.311. The highest BCUT2D eigenvalue weighted by Gasteiger charge is 2.37. The lowest BCUT2D eigenvalue weighted by Gasteiger charge is -2.30. The molecular weight excluding hydrogens is 427 g/mol. The third kappa shape index (κ3) is 3.82. The minimum absolute atomic E-state index is 0.00441. The largest absolute Gasteiger partial charge is 0.493 e. The maximum atomic E-state index is 13.1. The molecule has 0 saturated heterocycles. The number of aryl methyl sites for hydroxylation is 2. The fraction of sp³-hybridized carbons (Fsp3) is 0.429. The van der Waals surface area contributed by atoms with Crippen LogP contribution in [0.2, 0.25) is 0 Å². The van der Waals surface area contributed by atoms with E-state index < -0.39 is 12.0 Å². The molecule has 170 valence electrons. The molecule has 1 amide bonds. The Morgan fingerprint density at radius 3 is 2.38 bits per heavy atom. The molecule has 0 aliphatic carbocycles. The van der Waals surface area contributed by atoms with Crippen LogP contribution in [0, 0.1) is 13.8 Å². The number of aromatic nitrogens is 4. The molecular formula is C21H22F3N5O3. The van der Waals surface area contributed by atoms with Gasteiger partial charge in [-0.3, -0.25) is 4.79 Å². The van der Waals surface area contributed by atoms with Crippen LogP contribution in [-0.4, -0.2) is 51.2 Å². The predicted octanol–water partition coefficient (Wildman–Crippen LogP) is 2.90. The predicted molar refractivity (Wildman–Crippen MR) is 108 cm³/mol. The van der Waals surface area contributed by atoms with E-state index in [1.807, 2.05) is 12.1 Å². The van der Waals surface area contributed by atoms with Crippen LogP contribution < -0.4 is 9.47 Å². The third-order valence-electron chi connectivity index (χ3n) is 5.70. The quantitative estimate of drug-likeness (QED) is 0.609. The molecule has 0 saturated carbocycles. The number of carbonyl (C=O) groups excluding carboxylic acids is 1. The summed E-state index contributed by atoms with van der Waals surface area (Å²) in [6, 6.07) is 3.79. The number of alkyl halides is 3. The minimum atomic E-state index is -4.67. The average Bonchev–Trinajstić information content (AvgIpc) is 3.19. The lowest BCUT2D eigenvalue weighted by Crippen LogP contribution is -2.37. The Bertz CT molecular complexity index is 1210. The molecule has 3 aromatic rings. The second-order valence-corrected chi connectivity index (χ2v) is 7.62. The second-order valence-electron chi connectivity index (χ2n) is 7.62. The Hall–Kier alpha value is -3.37. The highest BCUT2D eigenvalue weighted by Crippen LogP contribution is 2.33. The number of fused-ring (bicyclic) bond motifs is 2. The standard InChI is InChI=1S/C21H22F3N5O3/c1-11-15(12(2)29-20(25-11)26-19(27-29)21(22,23)24)9-18(30)28-6-5-13-7-16(31-3)17(32-4)8-14(13)10-28/h7-8H,5-6,9-10H2,1-4H3. The molecule has 3 heterocycles. The normalized spacial score (nSPS) is 13.9. The van der Waals surface area contributed by atoms with Gasteiger partial charge in [-0.05, 0) is 43.5 Å². The number of methoxy groups -OCH3 is 2. The molecule has 1 aromatic carbocycles. The number of ether oxygens (including phenoxy) is 2. The van der Waals surface area contributed by atoms with Gasteiger partial charge in [-0.1, -0.05) is 0 Å². The number of benzene rings is 1. The maximum absolute atomic E-state index is 13.1. The first kappa shape index (κ1) is 21.8. The van der Waals surface area contributed by atoms with Crippen molar-refractivity contribution in [3.05, 3.63) is 46.0 Å². The van der Waals surface area contributed by atoms with Gasteiger partial charge in [0, 0.05) is 30.0 Å². The molecule has 0 atom stereocenters. The van der Waals surface area contributed by atoms with Crippen LogP contribution in [0.3, 0.4) is 0 Å². The molecule has 8 nitrogen and oxygen atoms in total. The Morgan fingerprint density at radius 2 is 1.75 bits per heavy atom. The number of amides is 1. The Balaban J connectivity index is 1.59. The number of hydrogen-bond donors (Lipinski definition) is 0.